The summed E-state index contributed by atoms with van der Waals surface area (Å²) in [6.45, 7) is 4.55. The number of amides is 1. The zero-order valence-corrected chi connectivity index (χ0v) is 15.4. The predicted molar refractivity (Wildman–Crippen MR) is 101 cm³/mol. The lowest BCUT2D eigenvalue weighted by Crippen LogP contribution is -3.17. The maximum absolute atomic E-state index is 12.9. The van der Waals surface area contributed by atoms with Crippen LogP contribution in [0.15, 0.2) is 54.6 Å². The molecule has 1 fully saturated rings. The molecule has 0 spiro atoms. The van der Waals surface area contributed by atoms with Crippen molar-refractivity contribution in [2.45, 2.75) is 38.8 Å². The standard InChI is InChI=1S/C22H27FN2O/c1-17(22(26)24-16-20-7-9-21(23)10-8-20)25-13-11-19(12-14-25)15-18-5-3-2-4-6-18/h2-10,17,19H,11-16H2,1H3,(H,24,26)/p+1/t17-/m1/s1. The highest BCUT2D eigenvalue weighted by molar-refractivity contribution is 5.79. The third-order valence-corrected chi connectivity index (χ3v) is 5.50. The lowest BCUT2D eigenvalue weighted by Gasteiger charge is -2.32. The first-order valence-corrected chi connectivity index (χ1v) is 9.52. The Kier molecular flexibility index (Phi) is 6.40. The van der Waals surface area contributed by atoms with Gasteiger partial charge in [-0.05, 0) is 55.4 Å². The summed E-state index contributed by atoms with van der Waals surface area (Å²) >= 11 is 0. The molecule has 0 aliphatic carbocycles. The molecule has 0 radical (unpaired) electrons. The van der Waals surface area contributed by atoms with E-state index in [1.807, 2.05) is 6.92 Å². The number of carbonyl (C=O) groups excluding carboxylic acids is 1. The summed E-state index contributed by atoms with van der Waals surface area (Å²) in [7, 11) is 0. The zero-order chi connectivity index (χ0) is 18.4. The molecule has 4 heteroatoms. The van der Waals surface area contributed by atoms with Crippen LogP contribution in [0.25, 0.3) is 0 Å². The molecule has 2 aromatic rings. The van der Waals surface area contributed by atoms with Gasteiger partial charge in [-0.3, -0.25) is 4.79 Å². The SMILES string of the molecule is C[C@H](C(=O)NCc1ccc(F)cc1)[NH+]1CCC(Cc2ccccc2)CC1. The van der Waals surface area contributed by atoms with Crippen LogP contribution in [0.1, 0.15) is 30.9 Å². The normalized spacial score (nSPS) is 21.2. The van der Waals surface area contributed by atoms with Crippen molar-refractivity contribution < 1.29 is 14.1 Å². The molecule has 0 aromatic heterocycles. The Balaban J connectivity index is 1.43. The molecule has 3 nitrogen and oxygen atoms in total. The highest BCUT2D eigenvalue weighted by Crippen LogP contribution is 2.16. The lowest BCUT2D eigenvalue weighted by atomic mass is 9.89. The van der Waals surface area contributed by atoms with E-state index in [1.54, 1.807) is 12.1 Å². The van der Waals surface area contributed by atoms with Crippen molar-refractivity contribution in [3.63, 3.8) is 0 Å². The van der Waals surface area contributed by atoms with Gasteiger partial charge in [-0.25, -0.2) is 4.39 Å². The average molecular weight is 355 g/mol. The number of likely N-dealkylation sites (tertiary alicyclic amines) is 1. The molecule has 1 aliphatic rings. The van der Waals surface area contributed by atoms with Gasteiger partial charge in [-0.2, -0.15) is 0 Å². The maximum atomic E-state index is 12.9. The predicted octanol–water partition coefficient (Wildman–Crippen LogP) is 2.37. The van der Waals surface area contributed by atoms with Gasteiger partial charge in [0.15, 0.2) is 6.04 Å². The quantitative estimate of drug-likeness (QED) is 0.820. The van der Waals surface area contributed by atoms with Gasteiger partial charge < -0.3 is 10.2 Å². The Labute approximate surface area is 155 Å². The number of quaternary nitrogens is 1. The Hall–Kier alpha value is -2.20. The summed E-state index contributed by atoms with van der Waals surface area (Å²) < 4.78 is 12.9. The topological polar surface area (TPSA) is 33.5 Å². The number of rotatable bonds is 6. The van der Waals surface area contributed by atoms with Gasteiger partial charge in [-0.1, -0.05) is 42.5 Å². The Morgan fingerprint density at radius 2 is 1.73 bits per heavy atom. The molecule has 2 N–H and O–H groups in total. The average Bonchev–Trinajstić information content (AvgIpc) is 2.68. The molecule has 1 saturated heterocycles. The monoisotopic (exact) mass is 355 g/mol. The van der Waals surface area contributed by atoms with E-state index < -0.39 is 0 Å². The first-order chi connectivity index (χ1) is 12.6. The van der Waals surface area contributed by atoms with Crippen LogP contribution in [0, 0.1) is 11.7 Å². The van der Waals surface area contributed by atoms with Gasteiger partial charge in [0.25, 0.3) is 5.91 Å². The van der Waals surface area contributed by atoms with E-state index in [-0.39, 0.29) is 17.8 Å². The van der Waals surface area contributed by atoms with Gasteiger partial charge in [0.05, 0.1) is 13.1 Å². The van der Waals surface area contributed by atoms with Crippen molar-refractivity contribution in [1.82, 2.24) is 5.32 Å². The first-order valence-electron chi connectivity index (χ1n) is 9.52. The van der Waals surface area contributed by atoms with Gasteiger partial charge >= 0.3 is 0 Å². The molecule has 2 aromatic carbocycles. The number of hydrogen-bond donors (Lipinski definition) is 2. The van der Waals surface area contributed by atoms with Gasteiger partial charge in [0, 0.05) is 6.54 Å². The summed E-state index contributed by atoms with van der Waals surface area (Å²) in [5.41, 5.74) is 2.33. The molecule has 3 rings (SSSR count). The molecule has 1 amide bonds. The summed E-state index contributed by atoms with van der Waals surface area (Å²) in [4.78, 5) is 13.8. The fraction of sp³-hybridized carbons (Fsp3) is 0.409. The van der Waals surface area contributed by atoms with Crippen LogP contribution in [0.2, 0.25) is 0 Å². The fourth-order valence-electron chi connectivity index (χ4n) is 3.76. The van der Waals surface area contributed by atoms with Crippen LogP contribution in [0.3, 0.4) is 0 Å². The van der Waals surface area contributed by atoms with Crippen LogP contribution in [0.5, 0.6) is 0 Å². The van der Waals surface area contributed by atoms with E-state index in [9.17, 15) is 9.18 Å². The number of carbonyl (C=O) groups is 1. The van der Waals surface area contributed by atoms with E-state index in [1.165, 1.54) is 35.4 Å². The minimum Gasteiger partial charge on any atom is -0.347 e. The molecule has 0 bridgehead atoms. The molecule has 1 atom stereocenters. The molecule has 138 valence electrons. The molecule has 26 heavy (non-hydrogen) atoms. The summed E-state index contributed by atoms with van der Waals surface area (Å²) in [5.74, 6) is 0.540. The van der Waals surface area contributed by atoms with Crippen LogP contribution in [0.4, 0.5) is 4.39 Å². The minimum absolute atomic E-state index is 0.0480. The van der Waals surface area contributed by atoms with E-state index in [0.717, 1.165) is 31.0 Å². The minimum atomic E-state index is -0.253. The van der Waals surface area contributed by atoms with E-state index in [0.29, 0.717) is 6.54 Å². The molecule has 1 aliphatic heterocycles. The van der Waals surface area contributed by atoms with Crippen molar-refractivity contribution in [3.05, 3.63) is 71.5 Å². The second-order valence-electron chi connectivity index (χ2n) is 7.36. The van der Waals surface area contributed by atoms with Crippen molar-refractivity contribution in [2.24, 2.45) is 5.92 Å². The van der Waals surface area contributed by atoms with Crippen molar-refractivity contribution >= 4 is 5.91 Å². The number of nitrogens with one attached hydrogen (secondary N) is 2. The highest BCUT2D eigenvalue weighted by atomic mass is 19.1. The molecular formula is C22H28FN2O+. The lowest BCUT2D eigenvalue weighted by molar-refractivity contribution is -0.920. The molecule has 0 unspecified atom stereocenters. The van der Waals surface area contributed by atoms with Gasteiger partial charge in [0.2, 0.25) is 0 Å². The van der Waals surface area contributed by atoms with Crippen molar-refractivity contribution in [3.8, 4) is 0 Å². The summed E-state index contributed by atoms with van der Waals surface area (Å²) in [6, 6.07) is 16.9. The van der Waals surface area contributed by atoms with Gasteiger partial charge in [-0.15, -0.1) is 0 Å². The van der Waals surface area contributed by atoms with Gasteiger partial charge in [0.1, 0.15) is 5.82 Å². The number of halogens is 1. The number of piperidine rings is 1. The molecular weight excluding hydrogens is 327 g/mol. The third kappa shape index (κ3) is 5.15. The Bertz CT molecular complexity index is 694. The summed E-state index contributed by atoms with van der Waals surface area (Å²) in [5, 5.41) is 2.98. The number of benzene rings is 2. The molecule has 0 saturated carbocycles. The highest BCUT2D eigenvalue weighted by Gasteiger charge is 2.29. The van der Waals surface area contributed by atoms with Crippen LogP contribution in [-0.4, -0.2) is 25.0 Å². The number of hydrogen-bond acceptors (Lipinski definition) is 1. The second kappa shape index (κ2) is 8.95. The van der Waals surface area contributed by atoms with E-state index in [4.69, 9.17) is 0 Å². The van der Waals surface area contributed by atoms with Crippen molar-refractivity contribution in [2.75, 3.05) is 13.1 Å². The fourth-order valence-corrected chi connectivity index (χ4v) is 3.76. The van der Waals surface area contributed by atoms with Crippen LogP contribution in [-0.2, 0) is 17.8 Å². The Morgan fingerprint density at radius 1 is 1.08 bits per heavy atom. The van der Waals surface area contributed by atoms with Crippen LogP contribution >= 0.6 is 0 Å². The second-order valence-corrected chi connectivity index (χ2v) is 7.36. The molecule has 1 heterocycles. The smallest absolute Gasteiger partial charge is 0.278 e. The zero-order valence-electron chi connectivity index (χ0n) is 15.4. The van der Waals surface area contributed by atoms with Crippen molar-refractivity contribution in [1.29, 1.82) is 0 Å². The van der Waals surface area contributed by atoms with E-state index in [2.05, 4.69) is 35.6 Å². The Morgan fingerprint density at radius 3 is 2.38 bits per heavy atom. The van der Waals surface area contributed by atoms with E-state index >= 15 is 0 Å². The third-order valence-electron chi connectivity index (χ3n) is 5.50. The maximum Gasteiger partial charge on any atom is 0.278 e. The largest absolute Gasteiger partial charge is 0.347 e. The first kappa shape index (κ1) is 18.6. The summed E-state index contributed by atoms with van der Waals surface area (Å²) in [6.07, 6.45) is 3.47. The van der Waals surface area contributed by atoms with Crippen LogP contribution < -0.4 is 10.2 Å².